The molecule has 2 aromatic heterocycles. The summed E-state index contributed by atoms with van der Waals surface area (Å²) in [6, 6.07) is 5.92. The average Bonchev–Trinajstić information content (AvgIpc) is 3.36. The predicted molar refractivity (Wildman–Crippen MR) is 128 cm³/mol. The van der Waals surface area contributed by atoms with E-state index in [1.165, 1.54) is 16.2 Å². The molecule has 1 atom stereocenters. The SMILES string of the molecule is CCN1C(=O)OC2(CCCN(C3CCN(C(=O)c4cc(-c5cccnc5)sc4N)CC3)C2)C1=O. The van der Waals surface area contributed by atoms with E-state index in [-0.39, 0.29) is 17.9 Å². The number of piperidine rings is 2. The molecule has 1 spiro atoms. The largest absolute Gasteiger partial charge is 0.431 e. The van der Waals surface area contributed by atoms with Gasteiger partial charge in [0.1, 0.15) is 0 Å². The number of nitrogen functional groups attached to an aromatic ring is 1. The molecule has 34 heavy (non-hydrogen) atoms. The van der Waals surface area contributed by atoms with Gasteiger partial charge in [0.25, 0.3) is 11.8 Å². The van der Waals surface area contributed by atoms with E-state index in [4.69, 9.17) is 10.5 Å². The quantitative estimate of drug-likeness (QED) is 0.712. The van der Waals surface area contributed by atoms with Crippen molar-refractivity contribution < 1.29 is 19.1 Å². The van der Waals surface area contributed by atoms with Gasteiger partial charge in [-0.1, -0.05) is 6.07 Å². The summed E-state index contributed by atoms with van der Waals surface area (Å²) in [6.45, 7) is 4.65. The number of nitrogens with two attached hydrogens (primary N) is 1. The number of thiophene rings is 1. The summed E-state index contributed by atoms with van der Waals surface area (Å²) < 4.78 is 5.61. The summed E-state index contributed by atoms with van der Waals surface area (Å²) in [5.41, 5.74) is 6.65. The third kappa shape index (κ3) is 3.94. The Hall–Kier alpha value is -2.98. The van der Waals surface area contributed by atoms with Crippen LogP contribution in [0.2, 0.25) is 0 Å². The summed E-state index contributed by atoms with van der Waals surface area (Å²) in [7, 11) is 0. The van der Waals surface area contributed by atoms with Gasteiger partial charge in [0.2, 0.25) is 5.60 Å². The van der Waals surface area contributed by atoms with E-state index >= 15 is 0 Å². The fraction of sp³-hybridized carbons (Fsp3) is 0.500. The zero-order chi connectivity index (χ0) is 23.9. The molecular weight excluding hydrogens is 454 g/mol. The minimum Gasteiger partial charge on any atom is -0.431 e. The van der Waals surface area contributed by atoms with E-state index in [0.29, 0.717) is 43.2 Å². The Labute approximate surface area is 202 Å². The topological polar surface area (TPSA) is 109 Å². The van der Waals surface area contributed by atoms with Crippen LogP contribution in [0, 0.1) is 0 Å². The fourth-order valence-corrected chi connectivity index (χ4v) is 6.23. The highest BCUT2D eigenvalue weighted by Gasteiger charge is 2.55. The summed E-state index contributed by atoms with van der Waals surface area (Å²) in [6.07, 6.45) is 5.93. The molecule has 5 rings (SSSR count). The van der Waals surface area contributed by atoms with Crippen LogP contribution in [-0.4, -0.2) is 82.0 Å². The molecule has 0 radical (unpaired) electrons. The molecule has 2 N–H and O–H groups in total. The van der Waals surface area contributed by atoms with E-state index in [2.05, 4.69) is 9.88 Å². The third-order valence-electron chi connectivity index (χ3n) is 7.14. The van der Waals surface area contributed by atoms with Crippen LogP contribution in [0.3, 0.4) is 0 Å². The van der Waals surface area contributed by atoms with Gasteiger partial charge >= 0.3 is 6.09 Å². The second-order valence-electron chi connectivity index (χ2n) is 9.14. The number of likely N-dealkylation sites (N-methyl/N-ethyl adjacent to an activating group) is 1. The highest BCUT2D eigenvalue weighted by atomic mass is 32.1. The second kappa shape index (κ2) is 8.99. The normalized spacial score (nSPS) is 24.1. The number of carbonyl (C=O) groups is 3. The molecule has 180 valence electrons. The van der Waals surface area contributed by atoms with E-state index in [1.54, 1.807) is 19.3 Å². The first-order chi connectivity index (χ1) is 16.4. The zero-order valence-corrected chi connectivity index (χ0v) is 20.1. The fourth-order valence-electron chi connectivity index (χ4n) is 5.32. The van der Waals surface area contributed by atoms with Crippen LogP contribution < -0.4 is 5.73 Å². The Kier molecular flexibility index (Phi) is 6.03. The molecule has 0 saturated carbocycles. The number of hydrogen-bond acceptors (Lipinski definition) is 8. The number of ether oxygens (including phenoxy) is 1. The number of amides is 3. The highest BCUT2D eigenvalue weighted by molar-refractivity contribution is 7.19. The number of imide groups is 1. The van der Waals surface area contributed by atoms with Crippen LogP contribution in [-0.2, 0) is 9.53 Å². The smallest absolute Gasteiger partial charge is 0.417 e. The molecule has 3 aliphatic heterocycles. The van der Waals surface area contributed by atoms with Crippen molar-refractivity contribution in [3.8, 4) is 10.4 Å². The van der Waals surface area contributed by atoms with E-state index in [0.717, 1.165) is 36.2 Å². The van der Waals surface area contributed by atoms with Gasteiger partial charge in [-0.15, -0.1) is 11.3 Å². The number of anilines is 1. The maximum Gasteiger partial charge on any atom is 0.417 e. The van der Waals surface area contributed by atoms with Gasteiger partial charge in [0, 0.05) is 55.1 Å². The standard InChI is InChI=1S/C24H29N5O4S/c1-2-29-22(31)24(33-23(29)32)8-4-10-28(15-24)17-6-11-27(12-7-17)21(30)18-13-19(34-20(18)25)16-5-3-9-26-14-16/h3,5,9,13-14,17H,2,4,6-8,10-12,15,25H2,1H3. The lowest BCUT2D eigenvalue weighted by Gasteiger charge is -2.44. The lowest BCUT2D eigenvalue weighted by Crippen LogP contribution is -2.57. The van der Waals surface area contributed by atoms with E-state index in [1.807, 2.05) is 23.1 Å². The van der Waals surface area contributed by atoms with Crippen LogP contribution in [0.5, 0.6) is 0 Å². The van der Waals surface area contributed by atoms with E-state index < -0.39 is 11.7 Å². The molecule has 9 nitrogen and oxygen atoms in total. The zero-order valence-electron chi connectivity index (χ0n) is 19.2. The third-order valence-corrected chi connectivity index (χ3v) is 8.16. The number of likely N-dealkylation sites (tertiary alicyclic amines) is 2. The van der Waals surface area contributed by atoms with Gasteiger partial charge in [0.15, 0.2) is 0 Å². The van der Waals surface area contributed by atoms with Crippen LogP contribution in [0.1, 0.15) is 43.0 Å². The van der Waals surface area contributed by atoms with Crippen molar-refractivity contribution in [2.45, 2.75) is 44.2 Å². The van der Waals surface area contributed by atoms with Crippen molar-refractivity contribution in [3.05, 3.63) is 36.2 Å². The first-order valence-corrected chi connectivity index (χ1v) is 12.6. The van der Waals surface area contributed by atoms with Gasteiger partial charge in [-0.05, 0) is 51.3 Å². The summed E-state index contributed by atoms with van der Waals surface area (Å²) in [5, 5.41) is 0.519. The number of aromatic nitrogens is 1. The number of carbonyl (C=O) groups excluding carboxylic acids is 3. The Morgan fingerprint density at radius 3 is 2.76 bits per heavy atom. The van der Waals surface area contributed by atoms with Crippen molar-refractivity contribution in [2.24, 2.45) is 0 Å². The minimum atomic E-state index is -1.05. The Balaban J connectivity index is 1.22. The van der Waals surface area contributed by atoms with Crippen molar-refractivity contribution in [3.63, 3.8) is 0 Å². The van der Waals surface area contributed by atoms with Crippen molar-refractivity contribution in [1.29, 1.82) is 0 Å². The van der Waals surface area contributed by atoms with Gasteiger partial charge in [0.05, 0.1) is 10.6 Å². The summed E-state index contributed by atoms with van der Waals surface area (Å²) in [5.74, 6) is -0.259. The minimum absolute atomic E-state index is 0.0454. The van der Waals surface area contributed by atoms with Gasteiger partial charge in [-0.25, -0.2) is 9.69 Å². The Bertz CT molecular complexity index is 1100. The maximum absolute atomic E-state index is 13.2. The lowest BCUT2D eigenvalue weighted by molar-refractivity contribution is -0.142. The van der Waals surface area contributed by atoms with Crippen molar-refractivity contribution >= 4 is 34.2 Å². The highest BCUT2D eigenvalue weighted by Crippen LogP contribution is 2.36. The molecule has 5 heterocycles. The molecule has 2 aromatic rings. The van der Waals surface area contributed by atoms with Crippen LogP contribution >= 0.6 is 11.3 Å². The van der Waals surface area contributed by atoms with Crippen LogP contribution in [0.25, 0.3) is 10.4 Å². The summed E-state index contributed by atoms with van der Waals surface area (Å²) in [4.78, 5) is 48.7. The second-order valence-corrected chi connectivity index (χ2v) is 10.2. The number of pyridine rings is 1. The predicted octanol–water partition coefficient (Wildman–Crippen LogP) is 2.83. The molecule has 3 amide bonds. The first-order valence-electron chi connectivity index (χ1n) is 11.8. The van der Waals surface area contributed by atoms with E-state index in [9.17, 15) is 14.4 Å². The lowest BCUT2D eigenvalue weighted by atomic mass is 9.89. The van der Waals surface area contributed by atoms with Crippen molar-refractivity contribution in [2.75, 3.05) is 38.5 Å². The van der Waals surface area contributed by atoms with Gasteiger partial charge < -0.3 is 15.4 Å². The molecular formula is C24H29N5O4S. The maximum atomic E-state index is 13.2. The number of hydrogen-bond donors (Lipinski definition) is 1. The molecule has 3 fully saturated rings. The monoisotopic (exact) mass is 483 g/mol. The molecule has 0 aromatic carbocycles. The molecule has 0 aliphatic carbocycles. The molecule has 1 unspecified atom stereocenters. The first kappa shape index (κ1) is 22.8. The van der Waals surface area contributed by atoms with Gasteiger partial charge in [-0.3, -0.25) is 19.5 Å². The number of nitrogens with zero attached hydrogens (tertiary/aromatic N) is 4. The van der Waals surface area contributed by atoms with Crippen LogP contribution in [0.4, 0.5) is 9.80 Å². The Morgan fingerprint density at radius 2 is 2.09 bits per heavy atom. The molecule has 3 saturated heterocycles. The van der Waals surface area contributed by atoms with Crippen LogP contribution in [0.15, 0.2) is 30.6 Å². The van der Waals surface area contributed by atoms with Gasteiger partial charge in [-0.2, -0.15) is 0 Å². The Morgan fingerprint density at radius 1 is 1.29 bits per heavy atom. The molecule has 10 heteroatoms. The molecule has 3 aliphatic rings. The summed E-state index contributed by atoms with van der Waals surface area (Å²) >= 11 is 1.40. The van der Waals surface area contributed by atoms with Crippen molar-refractivity contribution in [1.82, 2.24) is 19.7 Å². The molecule has 0 bridgehead atoms. The average molecular weight is 484 g/mol. The number of rotatable bonds is 4.